The summed E-state index contributed by atoms with van der Waals surface area (Å²) in [4.78, 5) is 15.2. The van der Waals surface area contributed by atoms with Gasteiger partial charge in [-0.2, -0.15) is 13.2 Å². The molecule has 0 radical (unpaired) electrons. The quantitative estimate of drug-likeness (QED) is 0.890. The summed E-state index contributed by atoms with van der Waals surface area (Å²) in [7, 11) is 0. The highest BCUT2D eigenvalue weighted by molar-refractivity contribution is 7.16. The van der Waals surface area contributed by atoms with Crippen LogP contribution in [0.4, 0.5) is 18.2 Å². The Morgan fingerprint density at radius 1 is 1.53 bits per heavy atom. The third kappa shape index (κ3) is 1.64. The molecule has 2 aliphatic rings. The SMILES string of the molecule is Cc1nc(C(F)(F)F)sc1NC(=O)C12CC1C2. The van der Waals surface area contributed by atoms with Crippen LogP contribution in [0.15, 0.2) is 0 Å². The van der Waals surface area contributed by atoms with Crippen LogP contribution in [0.25, 0.3) is 0 Å². The molecule has 2 fully saturated rings. The lowest BCUT2D eigenvalue weighted by atomic mass is 10.2. The van der Waals surface area contributed by atoms with Gasteiger partial charge in [-0.15, -0.1) is 0 Å². The zero-order chi connectivity index (χ0) is 12.4. The second-order valence-corrected chi connectivity index (χ2v) is 5.65. The number of hydrogen-bond acceptors (Lipinski definition) is 3. The second kappa shape index (κ2) is 3.01. The zero-order valence-electron chi connectivity index (χ0n) is 8.89. The van der Waals surface area contributed by atoms with Crippen LogP contribution in [-0.2, 0) is 11.0 Å². The van der Waals surface area contributed by atoms with Gasteiger partial charge in [-0.1, -0.05) is 11.3 Å². The predicted molar refractivity (Wildman–Crippen MR) is 55.6 cm³/mol. The van der Waals surface area contributed by atoms with Crippen LogP contribution in [0.3, 0.4) is 0 Å². The van der Waals surface area contributed by atoms with E-state index in [1.165, 1.54) is 6.92 Å². The Morgan fingerprint density at radius 3 is 2.53 bits per heavy atom. The maximum absolute atomic E-state index is 12.4. The molecule has 92 valence electrons. The first kappa shape index (κ1) is 11.0. The monoisotopic (exact) mass is 262 g/mol. The Kier molecular flexibility index (Phi) is 1.95. The van der Waals surface area contributed by atoms with Crippen molar-refractivity contribution in [3.8, 4) is 0 Å². The molecule has 0 aliphatic heterocycles. The lowest BCUT2D eigenvalue weighted by molar-refractivity contribution is -0.137. The molecule has 7 heteroatoms. The fourth-order valence-corrected chi connectivity index (χ4v) is 2.76. The number of rotatable bonds is 2. The number of nitrogens with one attached hydrogen (secondary N) is 1. The number of aryl methyl sites for hydroxylation is 1. The van der Waals surface area contributed by atoms with E-state index in [-0.39, 0.29) is 22.0 Å². The summed E-state index contributed by atoms with van der Waals surface area (Å²) in [5.74, 6) is 0.320. The normalized spacial score (nSPS) is 29.8. The van der Waals surface area contributed by atoms with E-state index in [0.29, 0.717) is 17.3 Å². The van der Waals surface area contributed by atoms with Crippen molar-refractivity contribution in [3.05, 3.63) is 10.7 Å². The van der Waals surface area contributed by atoms with Crippen molar-refractivity contribution in [1.82, 2.24) is 4.98 Å². The minimum atomic E-state index is -4.45. The molecule has 1 amide bonds. The summed E-state index contributed by atoms with van der Waals surface area (Å²) >= 11 is 0.489. The Hall–Kier alpha value is -1.11. The van der Waals surface area contributed by atoms with Crippen molar-refractivity contribution in [1.29, 1.82) is 0 Å². The molecular formula is C10H9F3N2OS. The van der Waals surface area contributed by atoms with Crippen molar-refractivity contribution in [3.63, 3.8) is 0 Å². The van der Waals surface area contributed by atoms with Crippen LogP contribution in [0.5, 0.6) is 0 Å². The number of fused-ring (bicyclic) bond motifs is 1. The van der Waals surface area contributed by atoms with Gasteiger partial charge in [0.15, 0.2) is 5.01 Å². The summed E-state index contributed by atoms with van der Waals surface area (Å²) in [6.45, 7) is 1.47. The Labute approximate surface area is 99.0 Å². The average molecular weight is 262 g/mol. The number of hydrogen-bond donors (Lipinski definition) is 1. The van der Waals surface area contributed by atoms with E-state index in [0.717, 1.165) is 12.8 Å². The van der Waals surface area contributed by atoms with E-state index < -0.39 is 11.2 Å². The fraction of sp³-hybridized carbons (Fsp3) is 0.600. The van der Waals surface area contributed by atoms with Crippen LogP contribution >= 0.6 is 11.3 Å². The van der Waals surface area contributed by atoms with Crippen LogP contribution in [0.2, 0.25) is 0 Å². The number of aromatic nitrogens is 1. The molecule has 1 aromatic rings. The molecule has 1 N–H and O–H groups in total. The van der Waals surface area contributed by atoms with E-state index in [1.54, 1.807) is 0 Å². The molecule has 0 spiro atoms. The molecule has 0 atom stereocenters. The average Bonchev–Trinajstić information content (AvgIpc) is 2.98. The number of carbonyl (C=O) groups is 1. The summed E-state index contributed by atoms with van der Waals surface area (Å²) in [5.41, 5.74) is -0.0145. The van der Waals surface area contributed by atoms with E-state index in [4.69, 9.17) is 0 Å². The van der Waals surface area contributed by atoms with Gasteiger partial charge in [0.1, 0.15) is 5.00 Å². The molecule has 0 aromatic carbocycles. The summed E-state index contributed by atoms with van der Waals surface area (Å²) in [6, 6.07) is 0. The number of nitrogens with zero attached hydrogens (tertiary/aromatic N) is 1. The van der Waals surface area contributed by atoms with Crippen LogP contribution in [0.1, 0.15) is 23.5 Å². The summed E-state index contributed by atoms with van der Waals surface area (Å²) < 4.78 is 37.2. The van der Waals surface area contributed by atoms with Crippen molar-refractivity contribution in [2.45, 2.75) is 25.9 Å². The molecule has 1 heterocycles. The molecule has 3 nitrogen and oxygen atoms in total. The maximum Gasteiger partial charge on any atom is 0.443 e. The van der Waals surface area contributed by atoms with E-state index >= 15 is 0 Å². The van der Waals surface area contributed by atoms with Crippen molar-refractivity contribution >= 4 is 22.2 Å². The third-order valence-corrected chi connectivity index (χ3v) is 4.52. The fourth-order valence-electron chi connectivity index (χ4n) is 1.93. The Bertz CT molecular complexity index is 502. The van der Waals surface area contributed by atoms with Gasteiger partial charge in [0.2, 0.25) is 5.91 Å². The minimum Gasteiger partial charge on any atom is -0.316 e. The Morgan fingerprint density at radius 2 is 2.12 bits per heavy atom. The number of alkyl halides is 3. The molecular weight excluding hydrogens is 253 g/mol. The van der Waals surface area contributed by atoms with Crippen LogP contribution in [0, 0.1) is 18.3 Å². The first-order valence-electron chi connectivity index (χ1n) is 5.19. The van der Waals surface area contributed by atoms with Crippen LogP contribution in [-0.4, -0.2) is 10.9 Å². The smallest absolute Gasteiger partial charge is 0.316 e. The van der Waals surface area contributed by atoms with E-state index in [1.807, 2.05) is 0 Å². The lowest BCUT2D eigenvalue weighted by Crippen LogP contribution is -2.17. The molecule has 0 bridgehead atoms. The first-order chi connectivity index (χ1) is 7.83. The van der Waals surface area contributed by atoms with Gasteiger partial charge in [-0.05, 0) is 25.7 Å². The number of halogens is 3. The van der Waals surface area contributed by atoms with Crippen molar-refractivity contribution in [2.75, 3.05) is 5.32 Å². The van der Waals surface area contributed by atoms with Gasteiger partial charge in [-0.25, -0.2) is 4.98 Å². The van der Waals surface area contributed by atoms with E-state index in [2.05, 4.69) is 10.3 Å². The van der Waals surface area contributed by atoms with Crippen molar-refractivity contribution < 1.29 is 18.0 Å². The van der Waals surface area contributed by atoms with Gasteiger partial charge < -0.3 is 5.32 Å². The molecule has 17 heavy (non-hydrogen) atoms. The molecule has 3 rings (SSSR count). The summed E-state index contributed by atoms with van der Waals surface area (Å²) in [6.07, 6.45) is -2.69. The van der Waals surface area contributed by atoms with Gasteiger partial charge in [0, 0.05) is 0 Å². The largest absolute Gasteiger partial charge is 0.443 e. The van der Waals surface area contributed by atoms with Gasteiger partial charge >= 0.3 is 6.18 Å². The summed E-state index contributed by atoms with van der Waals surface area (Å²) in [5, 5.41) is 1.87. The molecule has 0 saturated heterocycles. The topological polar surface area (TPSA) is 42.0 Å². The zero-order valence-corrected chi connectivity index (χ0v) is 9.71. The number of anilines is 1. The van der Waals surface area contributed by atoms with Gasteiger partial charge in [0.05, 0.1) is 11.1 Å². The maximum atomic E-state index is 12.4. The molecule has 1 aromatic heterocycles. The molecule has 2 saturated carbocycles. The highest BCUT2D eigenvalue weighted by Gasteiger charge is 2.74. The van der Waals surface area contributed by atoms with Crippen LogP contribution < -0.4 is 5.32 Å². The lowest BCUT2D eigenvalue weighted by Gasteiger charge is -2.04. The van der Waals surface area contributed by atoms with E-state index in [9.17, 15) is 18.0 Å². The second-order valence-electron chi connectivity index (χ2n) is 4.65. The minimum absolute atomic E-state index is 0.150. The predicted octanol–water partition coefficient (Wildman–Crippen LogP) is 2.82. The van der Waals surface area contributed by atoms with Crippen molar-refractivity contribution in [2.24, 2.45) is 11.3 Å². The molecule has 0 unspecified atom stereocenters. The third-order valence-electron chi connectivity index (χ3n) is 3.40. The molecule has 2 aliphatic carbocycles. The number of carbonyl (C=O) groups excluding carboxylic acids is 1. The highest BCUT2D eigenvalue weighted by Crippen LogP contribution is 2.75. The number of thiazole rings is 1. The van der Waals surface area contributed by atoms with Gasteiger partial charge in [-0.3, -0.25) is 4.79 Å². The Balaban J connectivity index is 1.79. The first-order valence-corrected chi connectivity index (χ1v) is 6.01. The highest BCUT2D eigenvalue weighted by atomic mass is 32.1. The van der Waals surface area contributed by atoms with Gasteiger partial charge in [0.25, 0.3) is 0 Å². The standard InChI is InChI=1S/C10H9F3N2OS/c1-4-6(17-8(14-4)10(11,12)13)15-7(16)9-2-5(9)3-9/h5H,2-3H2,1H3,(H,15,16). The number of amides is 1.